The Labute approximate surface area is 150 Å². The lowest BCUT2D eigenvalue weighted by atomic mass is 10.1. The van der Waals surface area contributed by atoms with Gasteiger partial charge in [0, 0.05) is 23.6 Å². The van der Waals surface area contributed by atoms with Crippen molar-refractivity contribution < 1.29 is 23.5 Å². The van der Waals surface area contributed by atoms with Gasteiger partial charge in [-0.2, -0.15) is 0 Å². The minimum absolute atomic E-state index is 0.0575. The van der Waals surface area contributed by atoms with E-state index in [4.69, 9.17) is 14.9 Å². The Morgan fingerprint density at radius 3 is 2.88 bits per heavy atom. The number of amides is 1. The first-order chi connectivity index (χ1) is 12.5. The van der Waals surface area contributed by atoms with E-state index in [0.717, 1.165) is 5.39 Å². The van der Waals surface area contributed by atoms with Gasteiger partial charge in [0.15, 0.2) is 6.23 Å². The summed E-state index contributed by atoms with van der Waals surface area (Å²) < 4.78 is 14.9. The van der Waals surface area contributed by atoms with Crippen molar-refractivity contribution in [1.29, 1.82) is 0 Å². The number of unbranched alkanes of at least 4 members (excludes halogenated alkanes) is 1. The van der Waals surface area contributed by atoms with Gasteiger partial charge in [0.1, 0.15) is 11.3 Å². The number of carbonyl (C=O) groups is 2. The third-order valence-corrected chi connectivity index (χ3v) is 3.83. The fourth-order valence-electron chi connectivity index (χ4n) is 2.46. The molecule has 2 rings (SSSR count). The first kappa shape index (κ1) is 19.5. The maximum absolute atomic E-state index is 12.0. The van der Waals surface area contributed by atoms with E-state index in [1.807, 2.05) is 0 Å². The molecule has 1 aromatic carbocycles. The predicted octanol–water partition coefficient (Wildman–Crippen LogP) is 1.09. The van der Waals surface area contributed by atoms with E-state index in [2.05, 4.69) is 10.1 Å². The first-order valence-corrected chi connectivity index (χ1v) is 8.25. The highest BCUT2D eigenvalue weighted by Gasteiger charge is 2.11. The maximum atomic E-state index is 12.0. The zero-order chi connectivity index (χ0) is 18.9. The zero-order valence-electron chi connectivity index (χ0n) is 14.5. The average Bonchev–Trinajstić information content (AvgIpc) is 2.62. The van der Waals surface area contributed by atoms with Crippen LogP contribution in [0.2, 0.25) is 0 Å². The lowest BCUT2D eigenvalue weighted by Crippen LogP contribution is -2.28. The van der Waals surface area contributed by atoms with E-state index in [-0.39, 0.29) is 12.3 Å². The summed E-state index contributed by atoms with van der Waals surface area (Å²) in [5.74, 6) is 0.322. The van der Waals surface area contributed by atoms with Crippen LogP contribution in [0.15, 0.2) is 33.5 Å². The number of nitrogens with two attached hydrogens (primary N) is 1. The standard InChI is InChI=1S/C18H22N2O6/c1-24-14-6-5-12-8-13(18(23)26-15(12)10-14)9-17(22)20-7-3-2-4-16(19)25-11-21/h5-6,8,10-11,16H,2-4,7,9,19H2,1H3,(H,20,22)/t16-/m1/s1. The number of hydrogen-bond acceptors (Lipinski definition) is 7. The van der Waals surface area contributed by atoms with Crippen LogP contribution in [0.4, 0.5) is 0 Å². The number of ether oxygens (including phenoxy) is 2. The van der Waals surface area contributed by atoms with E-state index < -0.39 is 11.9 Å². The van der Waals surface area contributed by atoms with Gasteiger partial charge in [-0.05, 0) is 37.5 Å². The topological polar surface area (TPSA) is 121 Å². The van der Waals surface area contributed by atoms with Crippen LogP contribution in [0.1, 0.15) is 24.8 Å². The molecule has 0 aliphatic carbocycles. The molecule has 1 heterocycles. The third-order valence-electron chi connectivity index (χ3n) is 3.83. The molecule has 140 valence electrons. The second-order valence-corrected chi connectivity index (χ2v) is 5.76. The van der Waals surface area contributed by atoms with Crippen LogP contribution in [0.5, 0.6) is 5.75 Å². The van der Waals surface area contributed by atoms with Gasteiger partial charge in [0.2, 0.25) is 5.91 Å². The van der Waals surface area contributed by atoms with Gasteiger partial charge in [0.05, 0.1) is 13.5 Å². The average molecular weight is 362 g/mol. The summed E-state index contributed by atoms with van der Waals surface area (Å²) in [5.41, 5.74) is 5.67. The van der Waals surface area contributed by atoms with Crippen molar-refractivity contribution in [2.24, 2.45) is 5.73 Å². The lowest BCUT2D eigenvalue weighted by molar-refractivity contribution is -0.133. The van der Waals surface area contributed by atoms with Crippen molar-refractivity contribution in [2.75, 3.05) is 13.7 Å². The van der Waals surface area contributed by atoms with E-state index in [1.165, 1.54) is 7.11 Å². The highest BCUT2D eigenvalue weighted by molar-refractivity contribution is 5.82. The summed E-state index contributed by atoms with van der Waals surface area (Å²) in [6.45, 7) is 0.764. The molecule has 1 aromatic heterocycles. The summed E-state index contributed by atoms with van der Waals surface area (Å²) in [7, 11) is 1.53. The molecule has 0 radical (unpaired) electrons. The number of methoxy groups -OCH3 is 1. The number of nitrogens with one attached hydrogen (secondary N) is 1. The molecule has 1 atom stereocenters. The van der Waals surface area contributed by atoms with Crippen LogP contribution in [0.25, 0.3) is 11.0 Å². The van der Waals surface area contributed by atoms with Gasteiger partial charge in [-0.1, -0.05) is 0 Å². The molecular weight excluding hydrogens is 340 g/mol. The first-order valence-electron chi connectivity index (χ1n) is 8.25. The highest BCUT2D eigenvalue weighted by atomic mass is 16.5. The molecule has 2 aromatic rings. The van der Waals surface area contributed by atoms with Crippen molar-refractivity contribution >= 4 is 23.3 Å². The fraction of sp³-hybridized carbons (Fsp3) is 0.389. The molecule has 0 aliphatic heterocycles. The normalized spacial score (nSPS) is 11.8. The van der Waals surface area contributed by atoms with Crippen LogP contribution in [-0.2, 0) is 20.7 Å². The Morgan fingerprint density at radius 1 is 1.35 bits per heavy atom. The van der Waals surface area contributed by atoms with E-state index in [0.29, 0.717) is 49.2 Å². The van der Waals surface area contributed by atoms with Gasteiger partial charge in [-0.15, -0.1) is 0 Å². The molecule has 8 nitrogen and oxygen atoms in total. The molecule has 1 amide bonds. The molecule has 0 spiro atoms. The van der Waals surface area contributed by atoms with Crippen molar-refractivity contribution in [3.05, 3.63) is 40.2 Å². The number of fused-ring (bicyclic) bond motifs is 1. The van der Waals surface area contributed by atoms with Gasteiger partial charge in [-0.25, -0.2) is 4.79 Å². The van der Waals surface area contributed by atoms with Crippen LogP contribution < -0.4 is 21.4 Å². The molecule has 0 saturated carbocycles. The van der Waals surface area contributed by atoms with Gasteiger partial charge >= 0.3 is 5.63 Å². The Kier molecular flexibility index (Phi) is 7.16. The molecule has 0 unspecified atom stereocenters. The van der Waals surface area contributed by atoms with Crippen molar-refractivity contribution in [2.45, 2.75) is 31.9 Å². The third kappa shape index (κ3) is 5.59. The molecular formula is C18H22N2O6. The van der Waals surface area contributed by atoms with Crippen LogP contribution >= 0.6 is 0 Å². The largest absolute Gasteiger partial charge is 0.497 e. The Bertz CT molecular complexity index is 817. The van der Waals surface area contributed by atoms with E-state index in [9.17, 15) is 14.4 Å². The molecule has 0 aliphatic rings. The second kappa shape index (κ2) is 9.57. The number of rotatable bonds is 10. The monoisotopic (exact) mass is 362 g/mol. The Balaban J connectivity index is 1.86. The second-order valence-electron chi connectivity index (χ2n) is 5.76. The van der Waals surface area contributed by atoms with Crippen LogP contribution in [0, 0.1) is 0 Å². The van der Waals surface area contributed by atoms with Gasteiger partial charge in [0.25, 0.3) is 6.47 Å². The fourth-order valence-corrected chi connectivity index (χ4v) is 2.46. The summed E-state index contributed by atoms with van der Waals surface area (Å²) in [6.07, 6.45) is 1.23. The van der Waals surface area contributed by atoms with Crippen molar-refractivity contribution in [1.82, 2.24) is 5.32 Å². The lowest BCUT2D eigenvalue weighted by Gasteiger charge is -2.09. The van der Waals surface area contributed by atoms with Gasteiger partial charge < -0.3 is 19.2 Å². The summed E-state index contributed by atoms with van der Waals surface area (Å²) >= 11 is 0. The van der Waals surface area contributed by atoms with Crippen LogP contribution in [-0.4, -0.2) is 32.3 Å². The molecule has 0 fully saturated rings. The van der Waals surface area contributed by atoms with Gasteiger partial charge in [-0.3, -0.25) is 15.3 Å². The molecule has 8 heteroatoms. The van der Waals surface area contributed by atoms with Crippen LogP contribution in [0.3, 0.4) is 0 Å². The summed E-state index contributed by atoms with van der Waals surface area (Å²) in [5, 5.41) is 3.46. The van der Waals surface area contributed by atoms with E-state index >= 15 is 0 Å². The summed E-state index contributed by atoms with van der Waals surface area (Å²) in [6, 6.07) is 6.80. The minimum atomic E-state index is -0.621. The Hall–Kier alpha value is -2.87. The highest BCUT2D eigenvalue weighted by Crippen LogP contribution is 2.20. The zero-order valence-corrected chi connectivity index (χ0v) is 14.5. The number of carbonyl (C=O) groups excluding carboxylic acids is 2. The molecule has 26 heavy (non-hydrogen) atoms. The minimum Gasteiger partial charge on any atom is -0.497 e. The van der Waals surface area contributed by atoms with Crippen molar-refractivity contribution in [3.8, 4) is 5.75 Å². The maximum Gasteiger partial charge on any atom is 0.339 e. The summed E-state index contributed by atoms with van der Waals surface area (Å²) in [4.78, 5) is 34.1. The predicted molar refractivity (Wildman–Crippen MR) is 94.7 cm³/mol. The van der Waals surface area contributed by atoms with Crippen molar-refractivity contribution in [3.63, 3.8) is 0 Å². The molecule has 3 N–H and O–H groups in total. The Morgan fingerprint density at radius 2 is 2.15 bits per heavy atom. The molecule has 0 bridgehead atoms. The number of benzene rings is 1. The molecule has 0 saturated heterocycles. The number of hydrogen-bond donors (Lipinski definition) is 2. The van der Waals surface area contributed by atoms with E-state index in [1.54, 1.807) is 24.3 Å². The quantitative estimate of drug-likeness (QED) is 0.281. The smallest absolute Gasteiger partial charge is 0.339 e. The SMILES string of the molecule is COc1ccc2cc(CC(=O)NCCCC[C@H](N)OC=O)c(=O)oc2c1.